The minimum atomic E-state index is -0.594. The van der Waals surface area contributed by atoms with Crippen LogP contribution >= 0.6 is 0 Å². The number of benzene rings is 2. The molecule has 200 valence electrons. The lowest BCUT2D eigenvalue weighted by Gasteiger charge is -2.35. The van der Waals surface area contributed by atoms with Crippen molar-refractivity contribution in [2.45, 2.75) is 46.3 Å². The molecule has 0 aliphatic carbocycles. The Hall–Kier alpha value is -4.08. The number of aromatic nitrogens is 2. The summed E-state index contributed by atoms with van der Waals surface area (Å²) in [6.07, 6.45) is 1.00. The summed E-state index contributed by atoms with van der Waals surface area (Å²) in [6.45, 7) is 5.73. The zero-order chi connectivity index (χ0) is 26.8. The molecule has 2 amide bonds. The Morgan fingerprint density at radius 1 is 0.974 bits per heavy atom. The number of hydrogen-bond donors (Lipinski definition) is 1. The number of rotatable bonds is 7. The fraction of sp³-hybridized carbons (Fsp3) is 0.429. The van der Waals surface area contributed by atoms with E-state index in [1.807, 2.05) is 6.07 Å². The molecule has 1 fully saturated rings. The van der Waals surface area contributed by atoms with Crippen molar-refractivity contribution < 1.29 is 19.1 Å². The molecule has 5 rings (SSSR count). The number of para-hydroxylation sites is 1. The fourth-order valence-electron chi connectivity index (χ4n) is 5.38. The molecule has 2 unspecified atom stereocenters. The molecule has 3 heterocycles. The first-order valence-corrected chi connectivity index (χ1v) is 13.0. The molecule has 2 atom stereocenters. The molecule has 3 aromatic rings. The zero-order valence-corrected chi connectivity index (χ0v) is 21.6. The van der Waals surface area contributed by atoms with Crippen molar-refractivity contribution in [1.29, 1.82) is 0 Å². The predicted molar refractivity (Wildman–Crippen MR) is 141 cm³/mol. The molecule has 2 aliphatic rings. The lowest BCUT2D eigenvalue weighted by atomic mass is 9.92. The number of likely N-dealkylation sites (tertiary alicyclic amines) is 1. The second-order valence-corrected chi connectivity index (χ2v) is 10.3. The summed E-state index contributed by atoms with van der Waals surface area (Å²) >= 11 is 0. The third kappa shape index (κ3) is 5.29. The standard InChI is InChI=1S/C28H32N4O6/c1-18-11-19(2)15-30(14-18)26(34)16-32-22-6-4-3-5-21(22)27(35)31(28(32)36)10-9-25(33)29-13-20-7-8-23-24(12-20)38-17-37-23/h3-8,12,18-19H,9-11,13-17H2,1-2H3,(H,29,33). The lowest BCUT2D eigenvalue weighted by Crippen LogP contribution is -2.47. The number of piperidine rings is 1. The van der Waals surface area contributed by atoms with Crippen LogP contribution < -0.4 is 26.0 Å². The number of fused-ring (bicyclic) bond motifs is 2. The van der Waals surface area contributed by atoms with E-state index in [2.05, 4.69) is 19.2 Å². The molecule has 1 N–H and O–H groups in total. The fourth-order valence-corrected chi connectivity index (χ4v) is 5.38. The first-order chi connectivity index (χ1) is 18.3. The molecule has 10 heteroatoms. The maximum absolute atomic E-state index is 13.4. The van der Waals surface area contributed by atoms with E-state index in [0.29, 0.717) is 47.3 Å². The van der Waals surface area contributed by atoms with Crippen LogP contribution in [0, 0.1) is 11.8 Å². The molecule has 1 aromatic heterocycles. The van der Waals surface area contributed by atoms with Crippen LogP contribution in [0.3, 0.4) is 0 Å². The van der Waals surface area contributed by atoms with Crippen LogP contribution in [0.15, 0.2) is 52.1 Å². The number of carbonyl (C=O) groups excluding carboxylic acids is 2. The Labute approximate surface area is 219 Å². The molecular formula is C28H32N4O6. The van der Waals surface area contributed by atoms with Crippen LogP contribution in [0.4, 0.5) is 0 Å². The number of carbonyl (C=O) groups is 2. The Morgan fingerprint density at radius 2 is 1.71 bits per heavy atom. The minimum Gasteiger partial charge on any atom is -0.454 e. The lowest BCUT2D eigenvalue weighted by molar-refractivity contribution is -0.134. The van der Waals surface area contributed by atoms with E-state index in [1.54, 1.807) is 41.3 Å². The predicted octanol–water partition coefficient (Wildman–Crippen LogP) is 2.10. The molecule has 1 saturated heterocycles. The van der Waals surface area contributed by atoms with Crippen LogP contribution in [0.25, 0.3) is 10.9 Å². The third-order valence-corrected chi connectivity index (χ3v) is 7.14. The summed E-state index contributed by atoms with van der Waals surface area (Å²) < 4.78 is 13.1. The maximum atomic E-state index is 13.4. The van der Waals surface area contributed by atoms with Crippen molar-refractivity contribution in [2.24, 2.45) is 11.8 Å². The van der Waals surface area contributed by atoms with Gasteiger partial charge in [0, 0.05) is 32.6 Å². The van der Waals surface area contributed by atoms with Crippen molar-refractivity contribution in [3.8, 4) is 11.5 Å². The Morgan fingerprint density at radius 3 is 2.50 bits per heavy atom. The van der Waals surface area contributed by atoms with E-state index < -0.39 is 11.2 Å². The molecular weight excluding hydrogens is 488 g/mol. The summed E-state index contributed by atoms with van der Waals surface area (Å²) in [7, 11) is 0. The van der Waals surface area contributed by atoms with E-state index in [-0.39, 0.29) is 44.7 Å². The summed E-state index contributed by atoms with van der Waals surface area (Å²) in [6, 6.07) is 12.2. The summed E-state index contributed by atoms with van der Waals surface area (Å²) in [4.78, 5) is 54.2. The van der Waals surface area contributed by atoms with E-state index in [0.717, 1.165) is 16.6 Å². The molecule has 0 radical (unpaired) electrons. The van der Waals surface area contributed by atoms with E-state index in [4.69, 9.17) is 9.47 Å². The van der Waals surface area contributed by atoms with Crippen LogP contribution in [0.1, 0.15) is 32.3 Å². The Kier molecular flexibility index (Phi) is 7.22. The second kappa shape index (κ2) is 10.7. The average molecular weight is 521 g/mol. The van der Waals surface area contributed by atoms with Gasteiger partial charge in [-0.15, -0.1) is 0 Å². The SMILES string of the molecule is CC1CC(C)CN(C(=O)Cn2c(=O)n(CCC(=O)NCc3ccc4c(c3)OCO4)c(=O)c3ccccc32)C1. The highest BCUT2D eigenvalue weighted by Crippen LogP contribution is 2.32. The van der Waals surface area contributed by atoms with Crippen LogP contribution in [0.2, 0.25) is 0 Å². The van der Waals surface area contributed by atoms with Gasteiger partial charge in [0.15, 0.2) is 11.5 Å². The van der Waals surface area contributed by atoms with Gasteiger partial charge in [-0.3, -0.25) is 23.5 Å². The largest absolute Gasteiger partial charge is 0.454 e. The number of ether oxygens (including phenoxy) is 2. The highest BCUT2D eigenvalue weighted by Gasteiger charge is 2.26. The number of hydrogen-bond acceptors (Lipinski definition) is 6. The van der Waals surface area contributed by atoms with Gasteiger partial charge in [0.2, 0.25) is 18.6 Å². The summed E-state index contributed by atoms with van der Waals surface area (Å²) in [5, 5.41) is 3.15. The highest BCUT2D eigenvalue weighted by atomic mass is 16.7. The van der Waals surface area contributed by atoms with Gasteiger partial charge in [0.25, 0.3) is 5.56 Å². The zero-order valence-electron chi connectivity index (χ0n) is 21.6. The number of nitrogens with one attached hydrogen (secondary N) is 1. The minimum absolute atomic E-state index is 0.0624. The molecule has 2 aromatic carbocycles. The van der Waals surface area contributed by atoms with Crippen molar-refractivity contribution in [1.82, 2.24) is 19.4 Å². The summed E-state index contributed by atoms with van der Waals surface area (Å²) in [5.74, 6) is 1.61. The van der Waals surface area contributed by atoms with Crippen molar-refractivity contribution in [2.75, 3.05) is 19.9 Å². The second-order valence-electron chi connectivity index (χ2n) is 10.3. The molecule has 0 bridgehead atoms. The van der Waals surface area contributed by atoms with Gasteiger partial charge in [-0.1, -0.05) is 32.0 Å². The molecule has 10 nitrogen and oxygen atoms in total. The van der Waals surface area contributed by atoms with Gasteiger partial charge in [0.05, 0.1) is 10.9 Å². The monoisotopic (exact) mass is 520 g/mol. The van der Waals surface area contributed by atoms with E-state index in [1.165, 1.54) is 4.57 Å². The van der Waals surface area contributed by atoms with Crippen LogP contribution in [-0.4, -0.2) is 45.7 Å². The van der Waals surface area contributed by atoms with E-state index >= 15 is 0 Å². The van der Waals surface area contributed by atoms with E-state index in [9.17, 15) is 19.2 Å². The average Bonchev–Trinajstić information content (AvgIpc) is 3.37. The van der Waals surface area contributed by atoms with Gasteiger partial charge in [0.1, 0.15) is 6.54 Å². The number of nitrogens with zero attached hydrogens (tertiary/aromatic N) is 3. The summed E-state index contributed by atoms with van der Waals surface area (Å²) in [5.41, 5.74) is 0.187. The van der Waals surface area contributed by atoms with Crippen LogP contribution in [-0.2, 0) is 29.2 Å². The highest BCUT2D eigenvalue weighted by molar-refractivity contribution is 5.82. The first-order valence-electron chi connectivity index (χ1n) is 13.0. The normalized spacial score (nSPS) is 18.5. The molecule has 0 spiro atoms. The van der Waals surface area contributed by atoms with Gasteiger partial charge in [-0.25, -0.2) is 4.79 Å². The maximum Gasteiger partial charge on any atom is 0.331 e. The Bertz CT molecular complexity index is 1480. The van der Waals surface area contributed by atoms with Crippen LogP contribution in [0.5, 0.6) is 11.5 Å². The molecule has 38 heavy (non-hydrogen) atoms. The van der Waals surface area contributed by atoms with Gasteiger partial charge >= 0.3 is 5.69 Å². The third-order valence-electron chi connectivity index (χ3n) is 7.14. The Balaban J connectivity index is 1.32. The van der Waals surface area contributed by atoms with Crippen molar-refractivity contribution in [3.05, 3.63) is 68.9 Å². The molecule has 2 aliphatic heterocycles. The molecule has 0 saturated carbocycles. The van der Waals surface area contributed by atoms with Crippen molar-refractivity contribution in [3.63, 3.8) is 0 Å². The first kappa shape index (κ1) is 25.6. The topological polar surface area (TPSA) is 112 Å². The number of amides is 2. The smallest absolute Gasteiger partial charge is 0.331 e. The van der Waals surface area contributed by atoms with Gasteiger partial charge in [-0.05, 0) is 48.1 Å². The van der Waals surface area contributed by atoms with Gasteiger partial charge < -0.3 is 19.7 Å². The van der Waals surface area contributed by atoms with Gasteiger partial charge in [-0.2, -0.15) is 0 Å². The quantitative estimate of drug-likeness (QED) is 0.511. The van der Waals surface area contributed by atoms with Crippen molar-refractivity contribution >= 4 is 22.7 Å².